The minimum Gasteiger partial charge on any atom is -0.350 e. The zero-order valence-corrected chi connectivity index (χ0v) is 10.4. The van der Waals surface area contributed by atoms with Crippen molar-refractivity contribution in [1.29, 1.82) is 0 Å². The number of aliphatic imine (C=N–C) groups is 1. The lowest BCUT2D eigenvalue weighted by Gasteiger charge is -2.07. The van der Waals surface area contributed by atoms with Crippen molar-refractivity contribution in [3.63, 3.8) is 0 Å². The quantitative estimate of drug-likeness (QED) is 0.838. The monoisotopic (exact) mass is 226 g/mol. The molecule has 0 spiro atoms. The number of hydrogen-bond donors (Lipinski definition) is 1. The molecule has 88 valence electrons. The van der Waals surface area contributed by atoms with Gasteiger partial charge in [-0.1, -0.05) is 48.9 Å². The Labute approximate surface area is 103 Å². The SMILES string of the molecule is Cc1ccc(C(C)/C=C\NC2=NC=CC2)cc1. The van der Waals surface area contributed by atoms with E-state index < -0.39 is 0 Å². The van der Waals surface area contributed by atoms with Gasteiger partial charge in [-0.05, 0) is 18.7 Å². The van der Waals surface area contributed by atoms with Crippen LogP contribution in [0.15, 0.2) is 53.8 Å². The van der Waals surface area contributed by atoms with Crippen LogP contribution in [0.5, 0.6) is 0 Å². The largest absolute Gasteiger partial charge is 0.350 e. The van der Waals surface area contributed by atoms with Crippen LogP contribution in [-0.2, 0) is 0 Å². The first-order valence-electron chi connectivity index (χ1n) is 5.97. The van der Waals surface area contributed by atoms with Crippen LogP contribution < -0.4 is 5.32 Å². The third-order valence-corrected chi connectivity index (χ3v) is 2.88. The van der Waals surface area contributed by atoms with E-state index in [9.17, 15) is 0 Å². The maximum Gasteiger partial charge on any atom is 0.109 e. The maximum absolute atomic E-state index is 4.19. The van der Waals surface area contributed by atoms with Crippen molar-refractivity contribution in [2.45, 2.75) is 26.2 Å². The highest BCUT2D eigenvalue weighted by Gasteiger charge is 2.01. The fourth-order valence-electron chi connectivity index (χ4n) is 1.73. The Morgan fingerprint density at radius 3 is 2.71 bits per heavy atom. The summed E-state index contributed by atoms with van der Waals surface area (Å²) in [7, 11) is 0. The molecule has 0 bridgehead atoms. The van der Waals surface area contributed by atoms with Crippen molar-refractivity contribution >= 4 is 5.84 Å². The van der Waals surface area contributed by atoms with E-state index in [-0.39, 0.29) is 0 Å². The lowest BCUT2D eigenvalue weighted by atomic mass is 10.0. The molecule has 1 N–H and O–H groups in total. The summed E-state index contributed by atoms with van der Waals surface area (Å²) >= 11 is 0. The van der Waals surface area contributed by atoms with Crippen molar-refractivity contribution in [2.75, 3.05) is 0 Å². The van der Waals surface area contributed by atoms with Gasteiger partial charge in [0, 0.05) is 18.5 Å². The highest BCUT2D eigenvalue weighted by molar-refractivity contribution is 5.86. The summed E-state index contributed by atoms with van der Waals surface area (Å²) in [5.74, 6) is 1.43. The molecule has 1 heterocycles. The molecule has 17 heavy (non-hydrogen) atoms. The van der Waals surface area contributed by atoms with Gasteiger partial charge in [0.15, 0.2) is 0 Å². The molecular formula is C15H18N2. The number of nitrogens with one attached hydrogen (secondary N) is 1. The molecule has 1 aliphatic rings. The second-order valence-electron chi connectivity index (χ2n) is 4.37. The number of aryl methyl sites for hydroxylation is 1. The van der Waals surface area contributed by atoms with Gasteiger partial charge in [0.05, 0.1) is 0 Å². The van der Waals surface area contributed by atoms with Crippen LogP contribution >= 0.6 is 0 Å². The first kappa shape index (κ1) is 11.6. The average molecular weight is 226 g/mol. The standard InChI is InChI=1S/C15H18N2/c1-12-5-7-14(8-6-12)13(2)9-11-17-15-4-3-10-16-15/h3,5-11,13H,4H2,1-2H3,(H,16,17)/b11-9-. The summed E-state index contributed by atoms with van der Waals surface area (Å²) in [4.78, 5) is 4.19. The second-order valence-corrected chi connectivity index (χ2v) is 4.37. The van der Waals surface area contributed by atoms with Gasteiger partial charge in [-0.2, -0.15) is 0 Å². The highest BCUT2D eigenvalue weighted by atomic mass is 15.0. The Kier molecular flexibility index (Phi) is 3.76. The third kappa shape index (κ3) is 3.31. The molecule has 1 aromatic rings. The zero-order chi connectivity index (χ0) is 12.1. The van der Waals surface area contributed by atoms with Gasteiger partial charge in [-0.15, -0.1) is 0 Å². The molecule has 0 fully saturated rings. The van der Waals surface area contributed by atoms with E-state index in [4.69, 9.17) is 0 Å². The summed E-state index contributed by atoms with van der Waals surface area (Å²) in [6, 6.07) is 8.66. The van der Waals surface area contributed by atoms with Gasteiger partial charge in [0.2, 0.25) is 0 Å². The molecule has 1 aliphatic heterocycles. The zero-order valence-electron chi connectivity index (χ0n) is 10.4. The van der Waals surface area contributed by atoms with Crippen molar-refractivity contribution in [3.05, 3.63) is 59.9 Å². The van der Waals surface area contributed by atoms with E-state index in [1.807, 2.05) is 18.5 Å². The lowest BCUT2D eigenvalue weighted by Crippen LogP contribution is -2.14. The molecular weight excluding hydrogens is 208 g/mol. The topological polar surface area (TPSA) is 24.4 Å². The molecule has 2 rings (SSSR count). The van der Waals surface area contributed by atoms with Gasteiger partial charge in [0.1, 0.15) is 5.84 Å². The summed E-state index contributed by atoms with van der Waals surface area (Å²) < 4.78 is 0. The van der Waals surface area contributed by atoms with E-state index in [2.05, 4.69) is 54.5 Å². The van der Waals surface area contributed by atoms with E-state index >= 15 is 0 Å². The van der Waals surface area contributed by atoms with Crippen LogP contribution in [0.2, 0.25) is 0 Å². The predicted octanol–water partition coefficient (Wildman–Crippen LogP) is 3.52. The van der Waals surface area contributed by atoms with Crippen LogP contribution in [0.3, 0.4) is 0 Å². The Morgan fingerprint density at radius 2 is 2.06 bits per heavy atom. The number of amidine groups is 1. The molecule has 0 amide bonds. The average Bonchev–Trinajstić information content (AvgIpc) is 2.83. The van der Waals surface area contributed by atoms with Crippen LogP contribution in [-0.4, -0.2) is 5.84 Å². The molecule has 0 saturated heterocycles. The fraction of sp³-hybridized carbons (Fsp3) is 0.267. The third-order valence-electron chi connectivity index (χ3n) is 2.88. The van der Waals surface area contributed by atoms with Gasteiger partial charge >= 0.3 is 0 Å². The molecule has 2 heteroatoms. The summed E-state index contributed by atoms with van der Waals surface area (Å²) in [6.45, 7) is 4.30. The van der Waals surface area contributed by atoms with Crippen molar-refractivity contribution < 1.29 is 0 Å². The first-order chi connectivity index (χ1) is 8.25. The van der Waals surface area contributed by atoms with Crippen LogP contribution in [0.1, 0.15) is 30.4 Å². The summed E-state index contributed by atoms with van der Waals surface area (Å²) in [5.41, 5.74) is 2.63. The van der Waals surface area contributed by atoms with Crippen molar-refractivity contribution in [1.82, 2.24) is 5.32 Å². The fourth-order valence-corrected chi connectivity index (χ4v) is 1.73. The molecule has 1 aromatic carbocycles. The Balaban J connectivity index is 1.89. The second kappa shape index (κ2) is 5.48. The molecule has 1 unspecified atom stereocenters. The van der Waals surface area contributed by atoms with Crippen LogP contribution in [0.4, 0.5) is 0 Å². The minimum atomic E-state index is 0.415. The van der Waals surface area contributed by atoms with Crippen LogP contribution in [0.25, 0.3) is 0 Å². The molecule has 0 radical (unpaired) electrons. The highest BCUT2D eigenvalue weighted by Crippen LogP contribution is 2.16. The molecule has 0 aromatic heterocycles. The first-order valence-corrected chi connectivity index (χ1v) is 5.97. The molecule has 1 atom stereocenters. The van der Waals surface area contributed by atoms with Gasteiger partial charge < -0.3 is 5.32 Å². The number of allylic oxidation sites excluding steroid dienone is 1. The molecule has 0 aliphatic carbocycles. The van der Waals surface area contributed by atoms with Crippen molar-refractivity contribution in [3.8, 4) is 0 Å². The van der Waals surface area contributed by atoms with Gasteiger partial charge in [0.25, 0.3) is 0 Å². The summed E-state index contributed by atoms with van der Waals surface area (Å²) in [5, 5.41) is 3.20. The number of benzene rings is 1. The predicted molar refractivity (Wildman–Crippen MR) is 73.1 cm³/mol. The summed E-state index contributed by atoms with van der Waals surface area (Å²) in [6.07, 6.45) is 8.92. The minimum absolute atomic E-state index is 0.415. The van der Waals surface area contributed by atoms with E-state index in [1.165, 1.54) is 11.1 Å². The number of rotatable bonds is 3. The van der Waals surface area contributed by atoms with E-state index in [0.717, 1.165) is 12.3 Å². The number of nitrogens with zero attached hydrogens (tertiary/aromatic N) is 1. The maximum atomic E-state index is 4.19. The van der Waals surface area contributed by atoms with Crippen molar-refractivity contribution in [2.24, 2.45) is 4.99 Å². The smallest absolute Gasteiger partial charge is 0.109 e. The van der Waals surface area contributed by atoms with E-state index in [1.54, 1.807) is 0 Å². The normalized spacial score (nSPS) is 16.2. The Hall–Kier alpha value is -1.83. The number of hydrogen-bond acceptors (Lipinski definition) is 2. The molecule has 2 nitrogen and oxygen atoms in total. The Bertz CT molecular complexity index is 452. The van der Waals surface area contributed by atoms with Gasteiger partial charge in [-0.25, -0.2) is 4.99 Å². The Morgan fingerprint density at radius 1 is 1.29 bits per heavy atom. The van der Waals surface area contributed by atoms with Gasteiger partial charge in [-0.3, -0.25) is 0 Å². The van der Waals surface area contributed by atoms with Crippen LogP contribution in [0, 0.1) is 6.92 Å². The molecule has 0 saturated carbocycles. The van der Waals surface area contributed by atoms with E-state index in [0.29, 0.717) is 5.92 Å². The lowest BCUT2D eigenvalue weighted by molar-refractivity contribution is 0.955.